The first-order valence-electron chi connectivity index (χ1n) is 6.15. The zero-order valence-corrected chi connectivity index (χ0v) is 12.2. The van der Waals surface area contributed by atoms with Gasteiger partial charge in [0.1, 0.15) is 5.75 Å². The van der Waals surface area contributed by atoms with Crippen molar-refractivity contribution in [3.05, 3.63) is 24.3 Å². The van der Waals surface area contributed by atoms with Gasteiger partial charge in [-0.05, 0) is 39.8 Å². The molecule has 0 saturated heterocycles. The molecule has 4 heteroatoms. The lowest BCUT2D eigenvalue weighted by Gasteiger charge is -2.30. The van der Waals surface area contributed by atoms with E-state index < -0.39 is 0 Å². The standard InChI is InChI=1S/C14H21NO2S/c1-10(2)15(11(3)4)14(17)9-18-13-8-6-5-7-12(13)16/h5-8,10-11,16H,9H2,1-4H3. The Morgan fingerprint density at radius 1 is 1.22 bits per heavy atom. The summed E-state index contributed by atoms with van der Waals surface area (Å²) in [6.45, 7) is 8.07. The summed E-state index contributed by atoms with van der Waals surface area (Å²) in [5.74, 6) is 0.692. The fourth-order valence-corrected chi connectivity index (χ4v) is 2.78. The van der Waals surface area contributed by atoms with Crippen LogP contribution in [0.5, 0.6) is 5.75 Å². The van der Waals surface area contributed by atoms with E-state index in [2.05, 4.69) is 0 Å². The molecule has 100 valence electrons. The second-order valence-corrected chi connectivity index (χ2v) is 5.76. The van der Waals surface area contributed by atoms with Crippen molar-refractivity contribution in [1.29, 1.82) is 0 Å². The van der Waals surface area contributed by atoms with Crippen molar-refractivity contribution in [3.63, 3.8) is 0 Å². The maximum atomic E-state index is 12.1. The zero-order chi connectivity index (χ0) is 13.7. The second-order valence-electron chi connectivity index (χ2n) is 4.74. The van der Waals surface area contributed by atoms with Gasteiger partial charge in [-0.2, -0.15) is 0 Å². The number of thioether (sulfide) groups is 1. The molecule has 0 fully saturated rings. The van der Waals surface area contributed by atoms with Crippen LogP contribution in [0.2, 0.25) is 0 Å². The molecule has 1 rings (SSSR count). The van der Waals surface area contributed by atoms with Crippen molar-refractivity contribution in [3.8, 4) is 5.75 Å². The number of nitrogens with zero attached hydrogens (tertiary/aromatic N) is 1. The lowest BCUT2D eigenvalue weighted by molar-refractivity contribution is -0.131. The number of hydrogen-bond acceptors (Lipinski definition) is 3. The van der Waals surface area contributed by atoms with Crippen molar-refractivity contribution in [2.45, 2.75) is 44.7 Å². The van der Waals surface area contributed by atoms with E-state index in [1.54, 1.807) is 12.1 Å². The number of benzene rings is 1. The van der Waals surface area contributed by atoms with Crippen LogP contribution in [0.3, 0.4) is 0 Å². The summed E-state index contributed by atoms with van der Waals surface area (Å²) in [6, 6.07) is 7.48. The average molecular weight is 267 g/mol. The zero-order valence-electron chi connectivity index (χ0n) is 11.4. The monoisotopic (exact) mass is 267 g/mol. The van der Waals surface area contributed by atoms with Crippen molar-refractivity contribution in [2.24, 2.45) is 0 Å². The third kappa shape index (κ3) is 3.95. The molecule has 1 N–H and O–H groups in total. The van der Waals surface area contributed by atoms with Crippen molar-refractivity contribution >= 4 is 17.7 Å². The van der Waals surface area contributed by atoms with Gasteiger partial charge in [0.15, 0.2) is 0 Å². The third-order valence-corrected chi connectivity index (χ3v) is 3.66. The predicted molar refractivity (Wildman–Crippen MR) is 75.9 cm³/mol. The van der Waals surface area contributed by atoms with Crippen LogP contribution in [0, 0.1) is 0 Å². The van der Waals surface area contributed by atoms with Crippen LogP contribution in [0.4, 0.5) is 0 Å². The van der Waals surface area contributed by atoms with Gasteiger partial charge < -0.3 is 10.0 Å². The van der Waals surface area contributed by atoms with E-state index >= 15 is 0 Å². The number of hydrogen-bond donors (Lipinski definition) is 1. The van der Waals surface area contributed by atoms with Crippen LogP contribution in [-0.2, 0) is 4.79 Å². The quantitative estimate of drug-likeness (QED) is 0.833. The first kappa shape index (κ1) is 14.9. The molecule has 3 nitrogen and oxygen atoms in total. The minimum atomic E-state index is 0.105. The summed E-state index contributed by atoms with van der Waals surface area (Å²) in [7, 11) is 0. The molecule has 0 unspecified atom stereocenters. The minimum Gasteiger partial charge on any atom is -0.507 e. The number of carbonyl (C=O) groups is 1. The summed E-state index contributed by atoms with van der Waals surface area (Å²) in [4.78, 5) is 14.8. The van der Waals surface area contributed by atoms with E-state index in [1.165, 1.54) is 11.8 Å². The number of para-hydroxylation sites is 1. The number of phenolic OH excluding ortho intramolecular Hbond substituents is 1. The molecule has 0 aliphatic rings. The van der Waals surface area contributed by atoms with Gasteiger partial charge in [-0.25, -0.2) is 0 Å². The molecule has 0 spiro atoms. The summed E-state index contributed by atoms with van der Waals surface area (Å²) in [5.41, 5.74) is 0. The van der Waals surface area contributed by atoms with Gasteiger partial charge in [0, 0.05) is 17.0 Å². The Morgan fingerprint density at radius 2 is 1.78 bits per heavy atom. The highest BCUT2D eigenvalue weighted by Crippen LogP contribution is 2.28. The summed E-state index contributed by atoms with van der Waals surface area (Å²) >= 11 is 1.38. The highest BCUT2D eigenvalue weighted by Gasteiger charge is 2.20. The smallest absolute Gasteiger partial charge is 0.233 e. The molecule has 0 heterocycles. The first-order valence-corrected chi connectivity index (χ1v) is 7.14. The van der Waals surface area contributed by atoms with E-state index in [1.807, 2.05) is 44.7 Å². The molecule has 1 amide bonds. The molecule has 0 atom stereocenters. The molecule has 0 aromatic heterocycles. The SMILES string of the molecule is CC(C)N(C(=O)CSc1ccccc1O)C(C)C. The number of amides is 1. The lowest BCUT2D eigenvalue weighted by atomic mass is 10.2. The average Bonchev–Trinajstić information content (AvgIpc) is 2.27. The summed E-state index contributed by atoms with van der Waals surface area (Å²) < 4.78 is 0. The van der Waals surface area contributed by atoms with Gasteiger partial charge in [0.2, 0.25) is 5.91 Å². The highest BCUT2D eigenvalue weighted by molar-refractivity contribution is 8.00. The highest BCUT2D eigenvalue weighted by atomic mass is 32.2. The molecule has 0 aliphatic heterocycles. The Labute approximate surface area is 113 Å². The number of rotatable bonds is 5. The van der Waals surface area contributed by atoms with Crippen LogP contribution < -0.4 is 0 Å². The van der Waals surface area contributed by atoms with Gasteiger partial charge in [0.05, 0.1) is 5.75 Å². The maximum absolute atomic E-state index is 12.1. The van der Waals surface area contributed by atoms with E-state index in [0.29, 0.717) is 5.75 Å². The largest absolute Gasteiger partial charge is 0.507 e. The lowest BCUT2D eigenvalue weighted by Crippen LogP contribution is -2.43. The van der Waals surface area contributed by atoms with Crippen molar-refractivity contribution in [2.75, 3.05) is 5.75 Å². The summed E-state index contributed by atoms with van der Waals surface area (Å²) in [6.07, 6.45) is 0. The van der Waals surface area contributed by atoms with Crippen LogP contribution >= 0.6 is 11.8 Å². The molecule has 1 aromatic carbocycles. The van der Waals surface area contributed by atoms with Crippen LogP contribution in [0.15, 0.2) is 29.2 Å². The maximum Gasteiger partial charge on any atom is 0.233 e. The molecule has 1 aromatic rings. The van der Waals surface area contributed by atoms with Crippen molar-refractivity contribution in [1.82, 2.24) is 4.90 Å². The Hall–Kier alpha value is -1.16. The molecular formula is C14H21NO2S. The molecule has 0 radical (unpaired) electrons. The van der Waals surface area contributed by atoms with Crippen LogP contribution in [0.25, 0.3) is 0 Å². The Kier molecular flexibility index (Phi) is 5.54. The minimum absolute atomic E-state index is 0.105. The van der Waals surface area contributed by atoms with Gasteiger partial charge in [-0.1, -0.05) is 12.1 Å². The van der Waals surface area contributed by atoms with Gasteiger partial charge in [-0.3, -0.25) is 4.79 Å². The van der Waals surface area contributed by atoms with Gasteiger partial charge in [-0.15, -0.1) is 11.8 Å². The Morgan fingerprint density at radius 3 is 2.28 bits per heavy atom. The number of phenols is 1. The van der Waals surface area contributed by atoms with Crippen molar-refractivity contribution < 1.29 is 9.90 Å². The Balaban J connectivity index is 2.63. The van der Waals surface area contributed by atoms with Gasteiger partial charge in [0.25, 0.3) is 0 Å². The fourth-order valence-electron chi connectivity index (χ4n) is 1.97. The van der Waals surface area contributed by atoms with E-state index in [9.17, 15) is 9.90 Å². The number of carbonyl (C=O) groups excluding carboxylic acids is 1. The topological polar surface area (TPSA) is 40.5 Å². The molecule has 0 bridgehead atoms. The van der Waals surface area contributed by atoms with E-state index in [0.717, 1.165) is 4.90 Å². The molecule has 18 heavy (non-hydrogen) atoms. The van der Waals surface area contributed by atoms with E-state index in [4.69, 9.17) is 0 Å². The van der Waals surface area contributed by atoms with Crippen LogP contribution in [0.1, 0.15) is 27.7 Å². The third-order valence-electron chi connectivity index (χ3n) is 2.62. The van der Waals surface area contributed by atoms with Gasteiger partial charge >= 0.3 is 0 Å². The first-order chi connectivity index (χ1) is 8.43. The molecular weight excluding hydrogens is 246 g/mol. The molecule has 0 saturated carbocycles. The number of aromatic hydroxyl groups is 1. The van der Waals surface area contributed by atoms with Crippen LogP contribution in [-0.4, -0.2) is 33.8 Å². The summed E-state index contributed by atoms with van der Waals surface area (Å²) in [5, 5.41) is 9.63. The normalized spacial score (nSPS) is 11.0. The fraction of sp³-hybridized carbons (Fsp3) is 0.500. The second kappa shape index (κ2) is 6.69. The predicted octanol–water partition coefficient (Wildman–Crippen LogP) is 3.13. The van der Waals surface area contributed by atoms with E-state index in [-0.39, 0.29) is 23.7 Å². The molecule has 0 aliphatic carbocycles. The Bertz CT molecular complexity index is 397.